The highest BCUT2D eigenvalue weighted by molar-refractivity contribution is 5.76. The minimum Gasteiger partial charge on any atom is -0.346 e. The summed E-state index contributed by atoms with van der Waals surface area (Å²) in [6, 6.07) is 0.351. The summed E-state index contributed by atoms with van der Waals surface area (Å²) >= 11 is 0. The van der Waals surface area contributed by atoms with E-state index in [0.29, 0.717) is 19.0 Å². The zero-order valence-electron chi connectivity index (χ0n) is 13.4. The number of aromatic nitrogens is 6. The highest BCUT2D eigenvalue weighted by Gasteiger charge is 2.23. The van der Waals surface area contributed by atoms with E-state index in [2.05, 4.69) is 30.2 Å². The summed E-state index contributed by atoms with van der Waals surface area (Å²) in [5, 5.41) is 15.3. The number of nitrogens with zero attached hydrogens (tertiary/aromatic N) is 6. The molecule has 3 rings (SSSR count). The Bertz CT molecular complexity index is 616. The van der Waals surface area contributed by atoms with E-state index in [1.165, 1.54) is 32.0 Å². The van der Waals surface area contributed by atoms with Crippen LogP contribution in [0.15, 0.2) is 19.0 Å². The van der Waals surface area contributed by atoms with Gasteiger partial charge in [0, 0.05) is 19.0 Å². The second kappa shape index (κ2) is 7.34. The van der Waals surface area contributed by atoms with Gasteiger partial charge in [0.1, 0.15) is 19.0 Å². The highest BCUT2D eigenvalue weighted by atomic mass is 16.1. The second-order valence-electron chi connectivity index (χ2n) is 6.09. The molecule has 1 N–H and O–H groups in total. The summed E-state index contributed by atoms with van der Waals surface area (Å²) in [4.78, 5) is 16.0. The molecule has 1 amide bonds. The maximum atomic E-state index is 12.1. The molecule has 8 nitrogen and oxygen atoms in total. The van der Waals surface area contributed by atoms with Crippen molar-refractivity contribution in [1.82, 2.24) is 34.8 Å². The normalized spacial score (nSPS) is 16.6. The molecule has 23 heavy (non-hydrogen) atoms. The number of carbonyl (C=O) groups is 1. The van der Waals surface area contributed by atoms with Crippen LogP contribution in [0.4, 0.5) is 0 Å². The van der Waals surface area contributed by atoms with Gasteiger partial charge in [-0.25, -0.2) is 4.98 Å². The molecule has 1 saturated carbocycles. The van der Waals surface area contributed by atoms with E-state index in [4.69, 9.17) is 0 Å². The number of hydrogen-bond donors (Lipinski definition) is 1. The molecule has 1 aliphatic carbocycles. The number of amides is 1. The van der Waals surface area contributed by atoms with Crippen molar-refractivity contribution in [3.05, 3.63) is 24.8 Å². The fourth-order valence-corrected chi connectivity index (χ4v) is 3.15. The van der Waals surface area contributed by atoms with E-state index in [1.54, 1.807) is 17.3 Å². The van der Waals surface area contributed by atoms with Gasteiger partial charge in [0.25, 0.3) is 0 Å². The molecule has 0 spiro atoms. The monoisotopic (exact) mass is 317 g/mol. The van der Waals surface area contributed by atoms with E-state index < -0.39 is 0 Å². The standard InChI is InChI=1S/C15H23N7O/c1-12(15-20-17-11-22(15)13-5-2-3-6-13)19-14(23)7-4-8-21-10-16-9-18-21/h9-13H,2-8H2,1H3,(H,19,23)/t12-/m1/s1. The number of rotatable bonds is 7. The van der Waals surface area contributed by atoms with Crippen molar-refractivity contribution in [2.75, 3.05) is 0 Å². The quantitative estimate of drug-likeness (QED) is 0.838. The lowest BCUT2D eigenvalue weighted by atomic mass is 10.2. The maximum Gasteiger partial charge on any atom is 0.220 e. The van der Waals surface area contributed by atoms with Gasteiger partial charge in [-0.15, -0.1) is 10.2 Å². The van der Waals surface area contributed by atoms with Crippen LogP contribution in [-0.2, 0) is 11.3 Å². The molecule has 2 aromatic heterocycles. The highest BCUT2D eigenvalue weighted by Crippen LogP contribution is 2.31. The van der Waals surface area contributed by atoms with E-state index >= 15 is 0 Å². The molecule has 124 valence electrons. The topological polar surface area (TPSA) is 90.5 Å². The maximum absolute atomic E-state index is 12.1. The smallest absolute Gasteiger partial charge is 0.220 e. The fourth-order valence-electron chi connectivity index (χ4n) is 3.15. The largest absolute Gasteiger partial charge is 0.346 e. The van der Waals surface area contributed by atoms with Gasteiger partial charge >= 0.3 is 0 Å². The molecule has 0 aliphatic heterocycles. The number of nitrogens with one attached hydrogen (secondary N) is 1. The van der Waals surface area contributed by atoms with Crippen molar-refractivity contribution >= 4 is 5.91 Å². The van der Waals surface area contributed by atoms with Gasteiger partial charge in [-0.2, -0.15) is 5.10 Å². The van der Waals surface area contributed by atoms with Crippen molar-refractivity contribution in [3.8, 4) is 0 Å². The molecule has 8 heteroatoms. The summed E-state index contributed by atoms with van der Waals surface area (Å²) in [7, 11) is 0. The molecular formula is C15H23N7O. The SMILES string of the molecule is C[C@@H](NC(=O)CCCn1cncn1)c1nncn1C1CCCC1. The Balaban J connectivity index is 1.49. The third-order valence-electron chi connectivity index (χ3n) is 4.34. The van der Waals surface area contributed by atoms with Crippen LogP contribution in [0.2, 0.25) is 0 Å². The number of carbonyl (C=O) groups excluding carboxylic acids is 1. The molecule has 1 aliphatic rings. The van der Waals surface area contributed by atoms with Crippen molar-refractivity contribution in [1.29, 1.82) is 0 Å². The van der Waals surface area contributed by atoms with Crippen molar-refractivity contribution < 1.29 is 4.79 Å². The zero-order valence-corrected chi connectivity index (χ0v) is 13.4. The predicted molar refractivity (Wildman–Crippen MR) is 83.3 cm³/mol. The lowest BCUT2D eigenvalue weighted by molar-refractivity contribution is -0.121. The third kappa shape index (κ3) is 3.94. The van der Waals surface area contributed by atoms with Crippen molar-refractivity contribution in [3.63, 3.8) is 0 Å². The zero-order chi connectivity index (χ0) is 16.1. The van der Waals surface area contributed by atoms with Gasteiger partial charge in [-0.1, -0.05) is 12.8 Å². The van der Waals surface area contributed by atoms with Crippen LogP contribution >= 0.6 is 0 Å². The van der Waals surface area contributed by atoms with Gasteiger partial charge in [0.05, 0.1) is 6.04 Å². The first-order chi connectivity index (χ1) is 11.2. The summed E-state index contributed by atoms with van der Waals surface area (Å²) < 4.78 is 3.86. The Morgan fingerprint density at radius 1 is 1.39 bits per heavy atom. The molecule has 1 atom stereocenters. The molecule has 2 aromatic rings. The van der Waals surface area contributed by atoms with Crippen LogP contribution < -0.4 is 5.32 Å². The van der Waals surface area contributed by atoms with Crippen LogP contribution in [0.25, 0.3) is 0 Å². The van der Waals surface area contributed by atoms with E-state index in [9.17, 15) is 4.79 Å². The van der Waals surface area contributed by atoms with E-state index in [0.717, 1.165) is 12.2 Å². The molecule has 0 unspecified atom stereocenters. The number of aryl methyl sites for hydroxylation is 1. The Hall–Kier alpha value is -2.25. The Morgan fingerprint density at radius 2 is 2.22 bits per heavy atom. The number of hydrogen-bond acceptors (Lipinski definition) is 5. The molecule has 0 aromatic carbocycles. The molecular weight excluding hydrogens is 294 g/mol. The van der Waals surface area contributed by atoms with E-state index in [-0.39, 0.29) is 11.9 Å². The van der Waals surface area contributed by atoms with Crippen LogP contribution in [0, 0.1) is 0 Å². The molecule has 0 bridgehead atoms. The minimum absolute atomic E-state index is 0.0265. The predicted octanol–water partition coefficient (Wildman–Crippen LogP) is 1.64. The lowest BCUT2D eigenvalue weighted by Crippen LogP contribution is -2.29. The molecule has 0 radical (unpaired) electrons. The first-order valence-electron chi connectivity index (χ1n) is 8.25. The second-order valence-corrected chi connectivity index (χ2v) is 6.09. The summed E-state index contributed by atoms with van der Waals surface area (Å²) in [6.45, 7) is 2.66. The fraction of sp³-hybridized carbons (Fsp3) is 0.667. The average molecular weight is 317 g/mol. The first-order valence-corrected chi connectivity index (χ1v) is 8.25. The van der Waals surface area contributed by atoms with Crippen LogP contribution in [0.5, 0.6) is 0 Å². The lowest BCUT2D eigenvalue weighted by Gasteiger charge is -2.18. The van der Waals surface area contributed by atoms with Crippen LogP contribution in [0.3, 0.4) is 0 Å². The van der Waals surface area contributed by atoms with Crippen LogP contribution in [0.1, 0.15) is 63.4 Å². The Kier molecular flexibility index (Phi) is 4.99. The minimum atomic E-state index is -0.128. The average Bonchev–Trinajstić information content (AvgIpc) is 3.28. The summed E-state index contributed by atoms with van der Waals surface area (Å²) in [5.41, 5.74) is 0. The van der Waals surface area contributed by atoms with Gasteiger partial charge in [0.2, 0.25) is 5.91 Å². The van der Waals surface area contributed by atoms with Gasteiger partial charge < -0.3 is 9.88 Å². The van der Waals surface area contributed by atoms with E-state index in [1.807, 2.05) is 6.92 Å². The van der Waals surface area contributed by atoms with Crippen molar-refractivity contribution in [2.24, 2.45) is 0 Å². The van der Waals surface area contributed by atoms with Crippen molar-refractivity contribution in [2.45, 2.75) is 64.1 Å². The third-order valence-corrected chi connectivity index (χ3v) is 4.34. The van der Waals surface area contributed by atoms with Gasteiger partial charge in [-0.3, -0.25) is 9.48 Å². The Morgan fingerprint density at radius 3 is 2.96 bits per heavy atom. The van der Waals surface area contributed by atoms with Crippen LogP contribution in [-0.4, -0.2) is 35.4 Å². The first kappa shape index (κ1) is 15.6. The Labute approximate surface area is 135 Å². The summed E-state index contributed by atoms with van der Waals surface area (Å²) in [5.74, 6) is 0.875. The molecule has 0 saturated heterocycles. The van der Waals surface area contributed by atoms with Gasteiger partial charge in [0.15, 0.2) is 5.82 Å². The molecule has 2 heterocycles. The molecule has 1 fully saturated rings. The van der Waals surface area contributed by atoms with Gasteiger partial charge in [-0.05, 0) is 26.2 Å². The summed E-state index contributed by atoms with van der Waals surface area (Å²) in [6.07, 6.45) is 11.0.